The van der Waals surface area contributed by atoms with E-state index in [1.807, 2.05) is 12.2 Å². The summed E-state index contributed by atoms with van der Waals surface area (Å²) < 4.78 is 4.78. The van der Waals surface area contributed by atoms with Crippen LogP contribution in [-0.4, -0.2) is 7.11 Å². The summed E-state index contributed by atoms with van der Waals surface area (Å²) >= 11 is 0. The highest BCUT2D eigenvalue weighted by atomic mass is 16.5. The Bertz CT molecular complexity index is 280. The SMILES string of the molecule is CC/C=C\C/C=C\C/C=C\C/C=C\C=C\OC. The van der Waals surface area contributed by atoms with E-state index >= 15 is 0 Å². The van der Waals surface area contributed by atoms with Gasteiger partial charge in [-0.3, -0.25) is 0 Å². The fourth-order valence-electron chi connectivity index (χ4n) is 1.16. The van der Waals surface area contributed by atoms with Crippen molar-refractivity contribution in [2.24, 2.45) is 0 Å². The molecule has 17 heavy (non-hydrogen) atoms. The molecule has 0 aromatic rings. The van der Waals surface area contributed by atoms with Crippen LogP contribution in [0.25, 0.3) is 0 Å². The lowest BCUT2D eigenvalue weighted by molar-refractivity contribution is 0.338. The standard InChI is InChI=1S/C16H24O/c1-3-4-5-6-7-8-9-10-11-12-13-14-15-16-17-2/h4-5,7-8,10-11,13-16H,3,6,9,12H2,1-2H3/b5-4-,8-7-,11-10-,14-13-,16-15+. The van der Waals surface area contributed by atoms with Gasteiger partial charge in [0.1, 0.15) is 0 Å². The molecule has 94 valence electrons. The molecule has 0 aromatic heterocycles. The third-order valence-electron chi connectivity index (χ3n) is 2.01. The fraction of sp³-hybridized carbons (Fsp3) is 0.375. The Kier molecular flexibility index (Phi) is 13.2. The second kappa shape index (κ2) is 14.5. The molecule has 0 unspecified atom stereocenters. The van der Waals surface area contributed by atoms with Crippen molar-refractivity contribution in [3.8, 4) is 0 Å². The molecule has 0 aliphatic carbocycles. The molecule has 0 rings (SSSR count). The summed E-state index contributed by atoms with van der Waals surface area (Å²) in [7, 11) is 1.65. The Morgan fingerprint density at radius 1 is 0.706 bits per heavy atom. The van der Waals surface area contributed by atoms with Crippen LogP contribution in [0.2, 0.25) is 0 Å². The molecule has 0 atom stereocenters. The fourth-order valence-corrected chi connectivity index (χ4v) is 1.16. The van der Waals surface area contributed by atoms with Crippen molar-refractivity contribution < 1.29 is 4.74 Å². The van der Waals surface area contributed by atoms with Crippen LogP contribution in [-0.2, 0) is 4.74 Å². The van der Waals surface area contributed by atoms with E-state index < -0.39 is 0 Å². The molecule has 1 heteroatoms. The van der Waals surface area contributed by atoms with Gasteiger partial charge in [-0.25, -0.2) is 0 Å². The van der Waals surface area contributed by atoms with Gasteiger partial charge in [0.25, 0.3) is 0 Å². The minimum absolute atomic E-state index is 0.970. The normalized spacial score (nSPS) is 13.1. The minimum Gasteiger partial charge on any atom is -0.504 e. The van der Waals surface area contributed by atoms with Crippen molar-refractivity contribution >= 4 is 0 Å². The summed E-state index contributed by atoms with van der Waals surface area (Å²) in [6.45, 7) is 2.15. The number of methoxy groups -OCH3 is 1. The second-order valence-electron chi connectivity index (χ2n) is 3.52. The van der Waals surface area contributed by atoms with Crippen LogP contribution in [0.3, 0.4) is 0 Å². The molecule has 0 saturated heterocycles. The van der Waals surface area contributed by atoms with E-state index in [0.717, 1.165) is 25.7 Å². The molecule has 0 heterocycles. The summed E-state index contributed by atoms with van der Waals surface area (Å²) in [6, 6.07) is 0. The molecule has 0 aliphatic rings. The van der Waals surface area contributed by atoms with Crippen LogP contribution in [0, 0.1) is 0 Å². The van der Waals surface area contributed by atoms with Gasteiger partial charge in [-0.2, -0.15) is 0 Å². The highest BCUT2D eigenvalue weighted by Crippen LogP contribution is 1.94. The highest BCUT2D eigenvalue weighted by Gasteiger charge is 1.73. The van der Waals surface area contributed by atoms with Crippen LogP contribution in [0.5, 0.6) is 0 Å². The first-order chi connectivity index (χ1) is 8.41. The van der Waals surface area contributed by atoms with Gasteiger partial charge in [-0.05, 0) is 31.8 Å². The maximum absolute atomic E-state index is 4.78. The molecular formula is C16H24O. The van der Waals surface area contributed by atoms with Gasteiger partial charge >= 0.3 is 0 Å². The lowest BCUT2D eigenvalue weighted by Gasteiger charge is -1.84. The van der Waals surface area contributed by atoms with Crippen LogP contribution < -0.4 is 0 Å². The minimum atomic E-state index is 0.970. The first kappa shape index (κ1) is 15.5. The molecule has 0 amide bonds. The van der Waals surface area contributed by atoms with Gasteiger partial charge < -0.3 is 4.74 Å². The molecule has 0 aromatic carbocycles. The summed E-state index contributed by atoms with van der Waals surface area (Å²) in [4.78, 5) is 0. The molecule has 0 aliphatic heterocycles. The molecule has 1 nitrogen and oxygen atoms in total. The van der Waals surface area contributed by atoms with Gasteiger partial charge in [-0.1, -0.05) is 55.5 Å². The van der Waals surface area contributed by atoms with E-state index in [9.17, 15) is 0 Å². The Hall–Kier alpha value is -1.50. The maximum atomic E-state index is 4.78. The molecule has 0 fully saturated rings. The van der Waals surface area contributed by atoms with Gasteiger partial charge in [0.2, 0.25) is 0 Å². The third kappa shape index (κ3) is 14.5. The van der Waals surface area contributed by atoms with Crippen molar-refractivity contribution in [1.82, 2.24) is 0 Å². The van der Waals surface area contributed by atoms with Crippen molar-refractivity contribution in [1.29, 1.82) is 0 Å². The zero-order valence-corrected chi connectivity index (χ0v) is 11.0. The Morgan fingerprint density at radius 2 is 1.24 bits per heavy atom. The van der Waals surface area contributed by atoms with Crippen molar-refractivity contribution in [3.63, 3.8) is 0 Å². The average Bonchev–Trinajstić information content (AvgIpc) is 2.35. The predicted molar refractivity (Wildman–Crippen MR) is 76.9 cm³/mol. The van der Waals surface area contributed by atoms with E-state index in [1.165, 1.54) is 0 Å². The van der Waals surface area contributed by atoms with Crippen LogP contribution >= 0.6 is 0 Å². The largest absolute Gasteiger partial charge is 0.504 e. The number of hydrogen-bond acceptors (Lipinski definition) is 1. The Labute approximate surface area is 106 Å². The van der Waals surface area contributed by atoms with Gasteiger partial charge in [0.05, 0.1) is 13.4 Å². The van der Waals surface area contributed by atoms with Crippen LogP contribution in [0.4, 0.5) is 0 Å². The first-order valence-corrected chi connectivity index (χ1v) is 6.21. The second-order valence-corrected chi connectivity index (χ2v) is 3.52. The molecule has 0 bridgehead atoms. The van der Waals surface area contributed by atoms with Crippen molar-refractivity contribution in [2.75, 3.05) is 7.11 Å². The van der Waals surface area contributed by atoms with Gasteiger partial charge in [0, 0.05) is 0 Å². The van der Waals surface area contributed by atoms with Crippen molar-refractivity contribution in [2.45, 2.75) is 32.6 Å². The monoisotopic (exact) mass is 232 g/mol. The summed E-state index contributed by atoms with van der Waals surface area (Å²) in [5.74, 6) is 0. The zero-order valence-electron chi connectivity index (χ0n) is 11.0. The zero-order chi connectivity index (χ0) is 12.6. The van der Waals surface area contributed by atoms with Crippen molar-refractivity contribution in [3.05, 3.63) is 60.9 Å². The lowest BCUT2D eigenvalue weighted by Crippen LogP contribution is -1.64. The topological polar surface area (TPSA) is 9.23 Å². The number of rotatable bonds is 9. The molecule has 0 saturated carbocycles. The van der Waals surface area contributed by atoms with E-state index in [1.54, 1.807) is 13.4 Å². The quantitative estimate of drug-likeness (QED) is 0.310. The van der Waals surface area contributed by atoms with E-state index in [4.69, 9.17) is 4.74 Å². The molecule has 0 radical (unpaired) electrons. The number of ether oxygens (including phenoxy) is 1. The smallest absolute Gasteiger partial charge is 0.0824 e. The third-order valence-corrected chi connectivity index (χ3v) is 2.01. The van der Waals surface area contributed by atoms with E-state index in [2.05, 4.69) is 49.5 Å². The summed E-state index contributed by atoms with van der Waals surface area (Å²) in [6.07, 6.45) is 24.9. The van der Waals surface area contributed by atoms with Crippen LogP contribution in [0.1, 0.15) is 32.6 Å². The summed E-state index contributed by atoms with van der Waals surface area (Å²) in [5, 5.41) is 0. The molecule has 0 N–H and O–H groups in total. The van der Waals surface area contributed by atoms with E-state index in [0.29, 0.717) is 0 Å². The lowest BCUT2D eigenvalue weighted by atomic mass is 10.2. The number of hydrogen-bond donors (Lipinski definition) is 0. The Balaban J connectivity index is 3.45. The van der Waals surface area contributed by atoms with Crippen LogP contribution in [0.15, 0.2) is 60.9 Å². The number of allylic oxidation sites excluding steroid dienone is 9. The first-order valence-electron chi connectivity index (χ1n) is 6.21. The Morgan fingerprint density at radius 3 is 1.76 bits per heavy atom. The maximum Gasteiger partial charge on any atom is 0.0824 e. The highest BCUT2D eigenvalue weighted by molar-refractivity contribution is 5.04. The van der Waals surface area contributed by atoms with Gasteiger partial charge in [0.15, 0.2) is 0 Å². The molecular weight excluding hydrogens is 208 g/mol. The van der Waals surface area contributed by atoms with Gasteiger partial charge in [-0.15, -0.1) is 0 Å². The van der Waals surface area contributed by atoms with E-state index in [-0.39, 0.29) is 0 Å². The predicted octanol–water partition coefficient (Wildman–Crippen LogP) is 4.95. The average molecular weight is 232 g/mol. The summed E-state index contributed by atoms with van der Waals surface area (Å²) in [5.41, 5.74) is 0. The molecule has 0 spiro atoms.